The van der Waals surface area contributed by atoms with Crippen molar-refractivity contribution in [3.63, 3.8) is 0 Å². The molecule has 2 aliphatic rings. The third kappa shape index (κ3) is 3.27. The third-order valence-corrected chi connectivity index (χ3v) is 5.55. The van der Waals surface area contributed by atoms with Gasteiger partial charge in [0.15, 0.2) is 0 Å². The molecule has 0 saturated heterocycles. The fourth-order valence-electron chi connectivity index (χ4n) is 3.99. The van der Waals surface area contributed by atoms with E-state index in [1.165, 1.54) is 32.2 Å². The van der Waals surface area contributed by atoms with Gasteiger partial charge in [0.2, 0.25) is 0 Å². The average Bonchev–Trinajstić information content (AvgIpc) is 3.15. The van der Waals surface area contributed by atoms with Crippen LogP contribution in [-0.4, -0.2) is 37.6 Å². The molecule has 18 heavy (non-hydrogen) atoms. The predicted octanol–water partition coefficient (Wildman–Crippen LogP) is 2.99. The van der Waals surface area contributed by atoms with Crippen LogP contribution in [0.1, 0.15) is 46.5 Å². The molecule has 2 nitrogen and oxygen atoms in total. The van der Waals surface area contributed by atoms with Crippen molar-refractivity contribution in [2.45, 2.75) is 58.5 Å². The number of nitrogens with zero attached hydrogens (tertiary/aromatic N) is 1. The van der Waals surface area contributed by atoms with Crippen LogP contribution in [0, 0.1) is 23.7 Å². The van der Waals surface area contributed by atoms with Gasteiger partial charge in [-0.1, -0.05) is 13.8 Å². The lowest BCUT2D eigenvalue weighted by Crippen LogP contribution is -2.49. The highest BCUT2D eigenvalue weighted by molar-refractivity contribution is 4.91. The van der Waals surface area contributed by atoms with Gasteiger partial charge in [0.25, 0.3) is 0 Å². The molecule has 0 aromatic rings. The van der Waals surface area contributed by atoms with E-state index < -0.39 is 0 Å². The molecule has 1 N–H and O–H groups in total. The minimum atomic E-state index is 0.720. The minimum absolute atomic E-state index is 0.720. The third-order valence-electron chi connectivity index (χ3n) is 5.55. The van der Waals surface area contributed by atoms with Crippen molar-refractivity contribution in [3.05, 3.63) is 0 Å². The van der Waals surface area contributed by atoms with Crippen molar-refractivity contribution in [1.82, 2.24) is 10.2 Å². The average molecular weight is 252 g/mol. The summed E-state index contributed by atoms with van der Waals surface area (Å²) in [5, 5.41) is 3.58. The monoisotopic (exact) mass is 252 g/mol. The molecule has 0 radical (unpaired) electrons. The fraction of sp³-hybridized carbons (Fsp3) is 1.00. The second-order valence-corrected chi connectivity index (χ2v) is 7.13. The summed E-state index contributed by atoms with van der Waals surface area (Å²) in [4.78, 5) is 2.62. The smallest absolute Gasteiger partial charge is 0.0110 e. The molecule has 2 fully saturated rings. The summed E-state index contributed by atoms with van der Waals surface area (Å²) in [6.45, 7) is 8.56. The van der Waals surface area contributed by atoms with Crippen LogP contribution in [0.15, 0.2) is 0 Å². The van der Waals surface area contributed by atoms with Gasteiger partial charge >= 0.3 is 0 Å². The van der Waals surface area contributed by atoms with E-state index in [4.69, 9.17) is 0 Å². The number of rotatable bonds is 5. The zero-order valence-corrected chi connectivity index (χ0v) is 12.9. The van der Waals surface area contributed by atoms with Crippen molar-refractivity contribution in [2.24, 2.45) is 23.7 Å². The van der Waals surface area contributed by atoms with Crippen molar-refractivity contribution < 1.29 is 0 Å². The maximum Gasteiger partial charge on any atom is 0.0110 e. The summed E-state index contributed by atoms with van der Waals surface area (Å²) in [5.74, 6) is 3.57. The molecule has 0 amide bonds. The Hall–Kier alpha value is -0.0800. The Morgan fingerprint density at radius 1 is 1.22 bits per heavy atom. The summed E-state index contributed by atoms with van der Waals surface area (Å²) in [6, 6.07) is 1.51. The van der Waals surface area contributed by atoms with Crippen LogP contribution in [0.5, 0.6) is 0 Å². The maximum atomic E-state index is 3.58. The van der Waals surface area contributed by atoms with Gasteiger partial charge in [-0.25, -0.2) is 0 Å². The van der Waals surface area contributed by atoms with Gasteiger partial charge in [0, 0.05) is 18.6 Å². The Balaban J connectivity index is 1.92. The molecule has 0 aromatic carbocycles. The molecule has 2 rings (SSSR count). The van der Waals surface area contributed by atoms with E-state index in [1.54, 1.807) is 0 Å². The van der Waals surface area contributed by atoms with Crippen molar-refractivity contribution >= 4 is 0 Å². The SMILES string of the molecule is CNC1CC(C)CC(C)C1CN(C)C(C)C1CC1. The highest BCUT2D eigenvalue weighted by atomic mass is 15.1. The van der Waals surface area contributed by atoms with Crippen LogP contribution in [-0.2, 0) is 0 Å². The fourth-order valence-corrected chi connectivity index (χ4v) is 3.99. The van der Waals surface area contributed by atoms with Crippen LogP contribution in [0.3, 0.4) is 0 Å². The summed E-state index contributed by atoms with van der Waals surface area (Å²) in [6.07, 6.45) is 5.68. The van der Waals surface area contributed by atoms with E-state index in [-0.39, 0.29) is 0 Å². The normalized spacial score (nSPS) is 39.0. The summed E-state index contributed by atoms with van der Waals surface area (Å²) in [5.41, 5.74) is 0. The second-order valence-electron chi connectivity index (χ2n) is 7.13. The van der Waals surface area contributed by atoms with Crippen LogP contribution >= 0.6 is 0 Å². The molecule has 2 heteroatoms. The first-order valence-corrected chi connectivity index (χ1v) is 7.90. The molecule has 0 aromatic heterocycles. The largest absolute Gasteiger partial charge is 0.317 e. The number of hydrogen-bond donors (Lipinski definition) is 1. The Bertz CT molecular complexity index is 262. The molecule has 2 aliphatic carbocycles. The highest BCUT2D eigenvalue weighted by Gasteiger charge is 2.36. The topological polar surface area (TPSA) is 15.3 Å². The van der Waals surface area contributed by atoms with Gasteiger partial charge in [-0.15, -0.1) is 0 Å². The van der Waals surface area contributed by atoms with Crippen molar-refractivity contribution in [2.75, 3.05) is 20.6 Å². The first-order valence-electron chi connectivity index (χ1n) is 7.90. The quantitative estimate of drug-likeness (QED) is 0.809. The van der Waals surface area contributed by atoms with E-state index in [9.17, 15) is 0 Å². The van der Waals surface area contributed by atoms with E-state index in [0.717, 1.165) is 35.8 Å². The van der Waals surface area contributed by atoms with Gasteiger partial charge in [-0.05, 0) is 70.4 Å². The second kappa shape index (κ2) is 5.92. The zero-order chi connectivity index (χ0) is 13.3. The minimum Gasteiger partial charge on any atom is -0.317 e. The Kier molecular flexibility index (Phi) is 4.71. The Labute approximate surface area is 114 Å². The molecule has 5 unspecified atom stereocenters. The first kappa shape index (κ1) is 14.3. The molecule has 5 atom stereocenters. The Morgan fingerprint density at radius 3 is 2.44 bits per heavy atom. The van der Waals surface area contributed by atoms with Crippen molar-refractivity contribution in [1.29, 1.82) is 0 Å². The van der Waals surface area contributed by atoms with E-state index in [0.29, 0.717) is 0 Å². The maximum absolute atomic E-state index is 3.58. The van der Waals surface area contributed by atoms with Crippen LogP contribution in [0.25, 0.3) is 0 Å². The lowest BCUT2D eigenvalue weighted by molar-refractivity contribution is 0.0959. The van der Waals surface area contributed by atoms with Crippen LogP contribution in [0.4, 0.5) is 0 Å². The lowest BCUT2D eigenvalue weighted by Gasteiger charge is -2.42. The first-order chi connectivity index (χ1) is 8.52. The van der Waals surface area contributed by atoms with Crippen LogP contribution in [0.2, 0.25) is 0 Å². The van der Waals surface area contributed by atoms with E-state index >= 15 is 0 Å². The van der Waals surface area contributed by atoms with Gasteiger partial charge in [-0.2, -0.15) is 0 Å². The summed E-state index contributed by atoms with van der Waals surface area (Å²) in [7, 11) is 4.48. The molecule has 2 saturated carbocycles. The molecule has 0 spiro atoms. The van der Waals surface area contributed by atoms with Gasteiger partial charge in [0.1, 0.15) is 0 Å². The molecular weight excluding hydrogens is 220 g/mol. The van der Waals surface area contributed by atoms with Crippen molar-refractivity contribution in [3.8, 4) is 0 Å². The summed E-state index contributed by atoms with van der Waals surface area (Å²) >= 11 is 0. The van der Waals surface area contributed by atoms with Gasteiger partial charge < -0.3 is 10.2 Å². The Morgan fingerprint density at radius 2 is 1.89 bits per heavy atom. The summed E-state index contributed by atoms with van der Waals surface area (Å²) < 4.78 is 0. The van der Waals surface area contributed by atoms with Gasteiger partial charge in [0.05, 0.1) is 0 Å². The molecular formula is C16H32N2. The van der Waals surface area contributed by atoms with Crippen LogP contribution < -0.4 is 5.32 Å². The van der Waals surface area contributed by atoms with E-state index in [1.807, 2.05) is 0 Å². The molecule has 0 aliphatic heterocycles. The predicted molar refractivity (Wildman–Crippen MR) is 78.7 cm³/mol. The van der Waals surface area contributed by atoms with Gasteiger partial charge in [-0.3, -0.25) is 0 Å². The standard InChI is InChI=1S/C16H32N2/c1-11-8-12(2)15(16(9-11)17-4)10-18(5)13(3)14-6-7-14/h11-17H,6-10H2,1-5H3. The number of hydrogen-bond acceptors (Lipinski definition) is 2. The van der Waals surface area contributed by atoms with E-state index in [2.05, 4.69) is 45.1 Å². The lowest BCUT2D eigenvalue weighted by atomic mass is 9.72. The number of nitrogens with one attached hydrogen (secondary N) is 1. The molecule has 106 valence electrons. The zero-order valence-electron chi connectivity index (χ0n) is 12.9. The molecule has 0 heterocycles. The highest BCUT2D eigenvalue weighted by Crippen LogP contribution is 2.37. The molecule has 0 bridgehead atoms.